The summed E-state index contributed by atoms with van der Waals surface area (Å²) in [6.07, 6.45) is 3.03. The van der Waals surface area contributed by atoms with Gasteiger partial charge < -0.3 is 14.8 Å². The minimum absolute atomic E-state index is 0.228. The summed E-state index contributed by atoms with van der Waals surface area (Å²) in [4.78, 5) is 12.5. The van der Waals surface area contributed by atoms with Gasteiger partial charge in [0.25, 0.3) is 5.91 Å². The maximum absolute atomic E-state index is 12.5. The van der Waals surface area contributed by atoms with Crippen LogP contribution in [0.2, 0.25) is 0 Å². The van der Waals surface area contributed by atoms with Gasteiger partial charge in [-0.25, -0.2) is 0 Å². The van der Waals surface area contributed by atoms with Gasteiger partial charge in [0.1, 0.15) is 11.5 Å². The summed E-state index contributed by atoms with van der Waals surface area (Å²) >= 11 is 5.28. The minimum atomic E-state index is -0.284. The highest BCUT2D eigenvalue weighted by Crippen LogP contribution is 2.18. The molecule has 6 heteroatoms. The van der Waals surface area contributed by atoms with Crippen LogP contribution in [0, 0.1) is 5.92 Å². The summed E-state index contributed by atoms with van der Waals surface area (Å²) in [5, 5.41) is 5.96. The summed E-state index contributed by atoms with van der Waals surface area (Å²) in [6, 6.07) is 14.6. The van der Waals surface area contributed by atoms with Gasteiger partial charge in [0.15, 0.2) is 5.11 Å². The molecule has 2 N–H and O–H groups in total. The van der Waals surface area contributed by atoms with Crippen molar-refractivity contribution in [3.05, 3.63) is 54.1 Å². The first-order chi connectivity index (χ1) is 14.0. The van der Waals surface area contributed by atoms with E-state index >= 15 is 0 Å². The molecule has 0 bridgehead atoms. The molecule has 5 nitrogen and oxygen atoms in total. The highest BCUT2D eigenvalue weighted by atomic mass is 32.1. The molecular formula is C23H30N2O3S. The lowest BCUT2D eigenvalue weighted by Gasteiger charge is -2.12. The van der Waals surface area contributed by atoms with E-state index in [0.717, 1.165) is 30.7 Å². The fraction of sp³-hybridized carbons (Fsp3) is 0.391. The van der Waals surface area contributed by atoms with Gasteiger partial charge in [-0.05, 0) is 61.3 Å². The van der Waals surface area contributed by atoms with Crippen LogP contribution in [0.4, 0.5) is 5.69 Å². The van der Waals surface area contributed by atoms with Crippen molar-refractivity contribution in [3.8, 4) is 11.5 Å². The van der Waals surface area contributed by atoms with Crippen LogP contribution >= 0.6 is 12.2 Å². The molecule has 0 unspecified atom stereocenters. The zero-order valence-corrected chi connectivity index (χ0v) is 18.2. The van der Waals surface area contributed by atoms with Crippen LogP contribution in [0.5, 0.6) is 11.5 Å². The van der Waals surface area contributed by atoms with Crippen molar-refractivity contribution in [3.63, 3.8) is 0 Å². The Morgan fingerprint density at radius 3 is 2.45 bits per heavy atom. The molecule has 0 aromatic heterocycles. The van der Waals surface area contributed by atoms with Crippen LogP contribution in [-0.4, -0.2) is 24.2 Å². The van der Waals surface area contributed by atoms with E-state index < -0.39 is 0 Å². The molecule has 0 atom stereocenters. The van der Waals surface area contributed by atoms with Crippen LogP contribution in [0.1, 0.15) is 50.4 Å². The van der Waals surface area contributed by atoms with E-state index in [-0.39, 0.29) is 11.0 Å². The SMILES string of the molecule is CCCCOc1cccc(C(=O)NC(=S)Nc2cccc(OCCC(C)C)c2)c1. The number of hydrogen-bond donors (Lipinski definition) is 2. The third kappa shape index (κ3) is 8.52. The van der Waals surface area contributed by atoms with Gasteiger partial charge in [-0.1, -0.05) is 39.3 Å². The van der Waals surface area contributed by atoms with E-state index in [1.807, 2.05) is 30.3 Å². The molecule has 0 spiro atoms. The predicted molar refractivity (Wildman–Crippen MR) is 122 cm³/mol. The van der Waals surface area contributed by atoms with Crippen LogP contribution in [-0.2, 0) is 0 Å². The quantitative estimate of drug-likeness (QED) is 0.402. The summed E-state index contributed by atoms with van der Waals surface area (Å²) in [7, 11) is 0. The van der Waals surface area contributed by atoms with E-state index in [4.69, 9.17) is 21.7 Å². The van der Waals surface area contributed by atoms with Crippen molar-refractivity contribution >= 4 is 28.9 Å². The van der Waals surface area contributed by atoms with Gasteiger partial charge in [-0.2, -0.15) is 0 Å². The fourth-order valence-electron chi connectivity index (χ4n) is 2.48. The Balaban J connectivity index is 1.88. The number of hydrogen-bond acceptors (Lipinski definition) is 4. The molecule has 2 aromatic rings. The number of ether oxygens (including phenoxy) is 2. The van der Waals surface area contributed by atoms with Gasteiger partial charge in [0, 0.05) is 17.3 Å². The van der Waals surface area contributed by atoms with Gasteiger partial charge >= 0.3 is 0 Å². The van der Waals surface area contributed by atoms with Crippen molar-refractivity contribution in [1.29, 1.82) is 0 Å². The first-order valence-corrected chi connectivity index (χ1v) is 10.5. The first kappa shape index (κ1) is 22.7. The second-order valence-electron chi connectivity index (χ2n) is 7.20. The molecule has 0 saturated heterocycles. The van der Waals surface area contributed by atoms with Crippen LogP contribution in [0.15, 0.2) is 48.5 Å². The lowest BCUT2D eigenvalue weighted by molar-refractivity contribution is 0.0977. The van der Waals surface area contributed by atoms with Crippen molar-refractivity contribution in [2.24, 2.45) is 5.92 Å². The van der Waals surface area contributed by atoms with Crippen molar-refractivity contribution in [2.45, 2.75) is 40.0 Å². The average molecular weight is 415 g/mol. The third-order valence-electron chi connectivity index (χ3n) is 4.15. The molecule has 0 aliphatic carbocycles. The molecule has 29 heavy (non-hydrogen) atoms. The second-order valence-corrected chi connectivity index (χ2v) is 7.61. The molecule has 0 heterocycles. The number of amides is 1. The molecule has 2 aromatic carbocycles. The molecule has 0 saturated carbocycles. The van der Waals surface area contributed by atoms with Crippen LogP contribution in [0.3, 0.4) is 0 Å². The van der Waals surface area contributed by atoms with Gasteiger partial charge in [0.2, 0.25) is 0 Å². The first-order valence-electron chi connectivity index (χ1n) is 10.1. The van der Waals surface area contributed by atoms with E-state index in [0.29, 0.717) is 30.4 Å². The zero-order valence-electron chi connectivity index (χ0n) is 17.4. The van der Waals surface area contributed by atoms with E-state index in [1.165, 1.54) is 0 Å². The molecule has 0 aliphatic rings. The second kappa shape index (κ2) is 12.1. The Labute approximate surface area is 178 Å². The Bertz CT molecular complexity index is 808. The van der Waals surface area contributed by atoms with Crippen LogP contribution in [0.25, 0.3) is 0 Å². The third-order valence-corrected chi connectivity index (χ3v) is 4.35. The zero-order chi connectivity index (χ0) is 21.1. The topological polar surface area (TPSA) is 59.6 Å². The molecule has 1 amide bonds. The number of carbonyl (C=O) groups is 1. The normalized spacial score (nSPS) is 10.5. The lowest BCUT2D eigenvalue weighted by atomic mass is 10.1. The van der Waals surface area contributed by atoms with Crippen molar-refractivity contribution < 1.29 is 14.3 Å². The summed E-state index contributed by atoms with van der Waals surface area (Å²) in [5.74, 6) is 1.75. The molecule has 0 radical (unpaired) electrons. The Morgan fingerprint density at radius 1 is 1.03 bits per heavy atom. The number of benzene rings is 2. The number of carbonyl (C=O) groups excluding carboxylic acids is 1. The molecule has 2 rings (SSSR count). The van der Waals surface area contributed by atoms with E-state index in [1.54, 1.807) is 18.2 Å². The highest BCUT2D eigenvalue weighted by molar-refractivity contribution is 7.80. The Morgan fingerprint density at radius 2 is 1.72 bits per heavy atom. The largest absolute Gasteiger partial charge is 0.494 e. The molecule has 156 valence electrons. The number of anilines is 1. The van der Waals surface area contributed by atoms with E-state index in [9.17, 15) is 4.79 Å². The Hall–Kier alpha value is -2.60. The average Bonchev–Trinajstić information content (AvgIpc) is 2.68. The van der Waals surface area contributed by atoms with Crippen LogP contribution < -0.4 is 20.1 Å². The smallest absolute Gasteiger partial charge is 0.257 e. The van der Waals surface area contributed by atoms with Crippen molar-refractivity contribution in [1.82, 2.24) is 5.32 Å². The standard InChI is InChI=1S/C23H30N2O3S/c1-4-5-13-27-20-10-6-8-18(15-20)22(26)25-23(29)24-19-9-7-11-21(16-19)28-14-12-17(2)3/h6-11,15-17H,4-5,12-14H2,1-3H3,(H2,24,25,26,29). The fourth-order valence-corrected chi connectivity index (χ4v) is 2.69. The number of unbranched alkanes of at least 4 members (excludes halogenated alkanes) is 1. The number of rotatable bonds is 10. The van der Waals surface area contributed by atoms with E-state index in [2.05, 4.69) is 31.4 Å². The summed E-state index contributed by atoms with van der Waals surface area (Å²) in [5.41, 5.74) is 1.25. The summed E-state index contributed by atoms with van der Waals surface area (Å²) in [6.45, 7) is 7.73. The number of nitrogens with one attached hydrogen (secondary N) is 2. The lowest BCUT2D eigenvalue weighted by Crippen LogP contribution is -2.34. The van der Waals surface area contributed by atoms with Gasteiger partial charge in [-0.3, -0.25) is 10.1 Å². The monoisotopic (exact) mass is 414 g/mol. The minimum Gasteiger partial charge on any atom is -0.494 e. The molecule has 0 aliphatic heterocycles. The Kier molecular flexibility index (Phi) is 9.44. The summed E-state index contributed by atoms with van der Waals surface area (Å²) < 4.78 is 11.4. The maximum atomic E-state index is 12.5. The molecule has 0 fully saturated rings. The van der Waals surface area contributed by atoms with Crippen molar-refractivity contribution in [2.75, 3.05) is 18.5 Å². The van der Waals surface area contributed by atoms with Gasteiger partial charge in [0.05, 0.1) is 13.2 Å². The predicted octanol–water partition coefficient (Wildman–Crippen LogP) is 5.42. The number of thiocarbonyl (C=S) groups is 1. The van der Waals surface area contributed by atoms with Gasteiger partial charge in [-0.15, -0.1) is 0 Å². The maximum Gasteiger partial charge on any atom is 0.257 e. The highest BCUT2D eigenvalue weighted by Gasteiger charge is 2.09. The molecular weight excluding hydrogens is 384 g/mol.